The van der Waals surface area contributed by atoms with Crippen LogP contribution in [0.2, 0.25) is 0 Å². The maximum absolute atomic E-state index is 4.82. The van der Waals surface area contributed by atoms with Crippen LogP contribution in [0, 0.1) is 0 Å². The van der Waals surface area contributed by atoms with Crippen LogP contribution in [0.25, 0.3) is 0 Å². The Labute approximate surface area is 130 Å². The van der Waals surface area contributed by atoms with E-state index in [-0.39, 0.29) is 5.41 Å². The summed E-state index contributed by atoms with van der Waals surface area (Å²) in [5.74, 6) is 0. The Morgan fingerprint density at radius 3 is 2.60 bits per heavy atom. The van der Waals surface area contributed by atoms with Crippen LogP contribution in [0.4, 0.5) is 0 Å². The average molecular weight is 309 g/mol. The van der Waals surface area contributed by atoms with Crippen LogP contribution in [0.1, 0.15) is 54.9 Å². The van der Waals surface area contributed by atoms with E-state index in [1.165, 1.54) is 21.1 Å². The Balaban J connectivity index is 2.17. The van der Waals surface area contributed by atoms with Gasteiger partial charge in [0.05, 0.1) is 10.7 Å². The van der Waals surface area contributed by atoms with Crippen molar-refractivity contribution in [2.45, 2.75) is 52.0 Å². The van der Waals surface area contributed by atoms with E-state index in [9.17, 15) is 0 Å². The molecule has 2 aromatic heterocycles. The molecule has 1 unspecified atom stereocenters. The van der Waals surface area contributed by atoms with E-state index in [2.05, 4.69) is 49.8 Å². The van der Waals surface area contributed by atoms with Gasteiger partial charge in [-0.25, -0.2) is 4.98 Å². The van der Waals surface area contributed by atoms with Gasteiger partial charge in [0.15, 0.2) is 0 Å². The van der Waals surface area contributed by atoms with Gasteiger partial charge in [-0.05, 0) is 30.5 Å². The van der Waals surface area contributed by atoms with Crippen LogP contribution in [0.5, 0.6) is 0 Å². The lowest BCUT2D eigenvalue weighted by Crippen LogP contribution is -2.19. The summed E-state index contributed by atoms with van der Waals surface area (Å²) in [4.78, 5) is 6.28. The van der Waals surface area contributed by atoms with Crippen molar-refractivity contribution in [1.82, 2.24) is 10.3 Å². The molecule has 0 aromatic carbocycles. The molecule has 1 N–H and O–H groups in total. The highest BCUT2D eigenvalue weighted by Crippen LogP contribution is 2.30. The Hall–Kier alpha value is -0.710. The molecule has 0 aliphatic heterocycles. The van der Waals surface area contributed by atoms with Gasteiger partial charge in [-0.3, -0.25) is 0 Å². The van der Waals surface area contributed by atoms with Gasteiger partial charge in [0.25, 0.3) is 0 Å². The van der Waals surface area contributed by atoms with Gasteiger partial charge in [-0.15, -0.1) is 22.7 Å². The molecular formula is C16H24N2S2. The van der Waals surface area contributed by atoms with Gasteiger partial charge >= 0.3 is 0 Å². The lowest BCUT2D eigenvalue weighted by atomic mass is 9.93. The predicted molar refractivity (Wildman–Crippen MR) is 90.0 cm³/mol. The van der Waals surface area contributed by atoms with E-state index in [1.807, 2.05) is 18.4 Å². The normalized spacial score (nSPS) is 13.7. The number of aromatic nitrogens is 1. The highest BCUT2D eigenvalue weighted by Gasteiger charge is 2.20. The Kier molecular flexibility index (Phi) is 4.99. The fourth-order valence-corrected chi connectivity index (χ4v) is 4.37. The molecular weight excluding hydrogens is 284 g/mol. The minimum absolute atomic E-state index is 0.140. The summed E-state index contributed by atoms with van der Waals surface area (Å²) in [6.45, 7) is 8.88. The number of nitrogens with zero attached hydrogens (tertiary/aromatic N) is 1. The van der Waals surface area contributed by atoms with Crippen molar-refractivity contribution in [3.63, 3.8) is 0 Å². The molecule has 0 radical (unpaired) electrons. The number of hydrogen-bond acceptors (Lipinski definition) is 4. The van der Waals surface area contributed by atoms with E-state index in [4.69, 9.17) is 4.98 Å². The first-order chi connectivity index (χ1) is 9.45. The summed E-state index contributed by atoms with van der Waals surface area (Å²) in [6.07, 6.45) is 2.08. The smallest absolute Gasteiger partial charge is 0.0947 e. The highest BCUT2D eigenvalue weighted by molar-refractivity contribution is 7.10. The summed E-state index contributed by atoms with van der Waals surface area (Å²) in [5, 5.41) is 9.08. The van der Waals surface area contributed by atoms with Gasteiger partial charge in [0, 0.05) is 28.1 Å². The van der Waals surface area contributed by atoms with Gasteiger partial charge in [0.1, 0.15) is 0 Å². The number of likely N-dealkylation sites (N-methyl/N-ethyl adjacent to an activating group) is 1. The molecule has 0 spiro atoms. The maximum atomic E-state index is 4.82. The van der Waals surface area contributed by atoms with Gasteiger partial charge in [-0.1, -0.05) is 27.7 Å². The van der Waals surface area contributed by atoms with Crippen LogP contribution >= 0.6 is 22.7 Å². The van der Waals surface area contributed by atoms with Crippen LogP contribution < -0.4 is 5.32 Å². The summed E-state index contributed by atoms with van der Waals surface area (Å²) in [6, 6.07) is 2.62. The van der Waals surface area contributed by atoms with Crippen LogP contribution in [0.15, 0.2) is 16.8 Å². The molecule has 20 heavy (non-hydrogen) atoms. The van der Waals surface area contributed by atoms with E-state index >= 15 is 0 Å². The summed E-state index contributed by atoms with van der Waals surface area (Å²) < 4.78 is 0. The molecule has 0 bridgehead atoms. The molecule has 2 rings (SSSR count). The summed E-state index contributed by atoms with van der Waals surface area (Å²) in [7, 11) is 2.04. The summed E-state index contributed by atoms with van der Waals surface area (Å²) >= 11 is 3.64. The molecule has 0 aliphatic rings. The van der Waals surface area contributed by atoms with E-state index in [1.54, 1.807) is 11.3 Å². The summed E-state index contributed by atoms with van der Waals surface area (Å²) in [5.41, 5.74) is 2.80. The van der Waals surface area contributed by atoms with Crippen molar-refractivity contribution in [2.24, 2.45) is 0 Å². The molecule has 0 amide bonds. The Morgan fingerprint density at radius 1 is 1.30 bits per heavy atom. The standard InChI is InChI=1S/C16H24N2S2/c1-6-11-7-8-19-15(11)12(17-5)9-14-18-13(10-20-14)16(2,3)4/h7-8,10,12,17H,6,9H2,1-5H3. The lowest BCUT2D eigenvalue weighted by molar-refractivity contribution is 0.561. The maximum Gasteiger partial charge on any atom is 0.0947 e. The number of rotatable bonds is 5. The quantitative estimate of drug-likeness (QED) is 0.875. The second kappa shape index (κ2) is 6.37. The SMILES string of the molecule is CCc1ccsc1C(Cc1nc(C(C)(C)C)cs1)NC. The first-order valence-corrected chi connectivity index (χ1v) is 8.90. The monoisotopic (exact) mass is 308 g/mol. The molecule has 110 valence electrons. The molecule has 2 heterocycles. The van der Waals surface area contributed by atoms with Crippen molar-refractivity contribution >= 4 is 22.7 Å². The number of nitrogens with one attached hydrogen (secondary N) is 1. The van der Waals surface area contributed by atoms with Crippen molar-refractivity contribution in [3.8, 4) is 0 Å². The molecule has 4 heteroatoms. The molecule has 0 saturated heterocycles. The number of hydrogen-bond donors (Lipinski definition) is 1. The zero-order valence-electron chi connectivity index (χ0n) is 13.0. The molecule has 1 atom stereocenters. The molecule has 0 aliphatic carbocycles. The van der Waals surface area contributed by atoms with Crippen molar-refractivity contribution in [2.75, 3.05) is 7.05 Å². The molecule has 0 fully saturated rings. The minimum Gasteiger partial charge on any atom is -0.312 e. The number of thiazole rings is 1. The average Bonchev–Trinajstić information content (AvgIpc) is 3.03. The Morgan fingerprint density at radius 2 is 2.05 bits per heavy atom. The number of thiophene rings is 1. The van der Waals surface area contributed by atoms with E-state index < -0.39 is 0 Å². The van der Waals surface area contributed by atoms with Crippen molar-refractivity contribution in [3.05, 3.63) is 38.0 Å². The topological polar surface area (TPSA) is 24.9 Å². The van der Waals surface area contributed by atoms with E-state index in [0.717, 1.165) is 12.8 Å². The fraction of sp³-hybridized carbons (Fsp3) is 0.562. The third-order valence-electron chi connectivity index (χ3n) is 3.53. The first kappa shape index (κ1) is 15.7. The number of aryl methyl sites for hydroxylation is 1. The lowest BCUT2D eigenvalue weighted by Gasteiger charge is -2.16. The zero-order valence-corrected chi connectivity index (χ0v) is 14.6. The zero-order chi connectivity index (χ0) is 14.8. The van der Waals surface area contributed by atoms with Crippen LogP contribution in [0.3, 0.4) is 0 Å². The van der Waals surface area contributed by atoms with Crippen LogP contribution in [-0.2, 0) is 18.3 Å². The van der Waals surface area contributed by atoms with Gasteiger partial charge in [-0.2, -0.15) is 0 Å². The fourth-order valence-electron chi connectivity index (χ4n) is 2.19. The second-order valence-corrected chi connectivity index (χ2v) is 7.98. The predicted octanol–water partition coefficient (Wildman–Crippen LogP) is 4.57. The molecule has 2 nitrogen and oxygen atoms in total. The van der Waals surface area contributed by atoms with E-state index in [0.29, 0.717) is 6.04 Å². The second-order valence-electron chi connectivity index (χ2n) is 6.09. The Bertz CT molecular complexity index is 549. The van der Waals surface area contributed by atoms with Crippen molar-refractivity contribution in [1.29, 1.82) is 0 Å². The van der Waals surface area contributed by atoms with Gasteiger partial charge < -0.3 is 5.32 Å². The van der Waals surface area contributed by atoms with Crippen LogP contribution in [-0.4, -0.2) is 12.0 Å². The largest absolute Gasteiger partial charge is 0.312 e. The highest BCUT2D eigenvalue weighted by atomic mass is 32.1. The third-order valence-corrected chi connectivity index (χ3v) is 5.47. The third kappa shape index (κ3) is 3.48. The minimum atomic E-state index is 0.140. The molecule has 0 saturated carbocycles. The first-order valence-electron chi connectivity index (χ1n) is 7.14. The molecule has 2 aromatic rings. The van der Waals surface area contributed by atoms with Crippen molar-refractivity contribution < 1.29 is 0 Å². The van der Waals surface area contributed by atoms with Gasteiger partial charge in [0.2, 0.25) is 0 Å².